The summed E-state index contributed by atoms with van der Waals surface area (Å²) in [4.78, 5) is 14.1. The molecule has 1 amide bonds. The number of halogens is 1. The van der Waals surface area contributed by atoms with Crippen LogP contribution < -0.4 is 15.4 Å². The van der Waals surface area contributed by atoms with E-state index in [9.17, 15) is 13.2 Å². The van der Waals surface area contributed by atoms with Crippen molar-refractivity contribution in [3.8, 4) is 0 Å². The molecule has 3 N–H and O–H groups in total. The number of rotatable bonds is 7. The molecule has 24 heavy (non-hydrogen) atoms. The number of sulfonamides is 1. The highest BCUT2D eigenvalue weighted by Gasteiger charge is 2.24. The van der Waals surface area contributed by atoms with E-state index in [0.717, 1.165) is 58.4 Å². The molecular weight excluding hydrogens is 352 g/mol. The summed E-state index contributed by atoms with van der Waals surface area (Å²) >= 11 is 0. The zero-order valence-corrected chi connectivity index (χ0v) is 16.1. The molecule has 0 bridgehead atoms. The van der Waals surface area contributed by atoms with Gasteiger partial charge in [-0.2, -0.15) is 0 Å². The van der Waals surface area contributed by atoms with Crippen LogP contribution in [0.4, 0.5) is 0 Å². The summed E-state index contributed by atoms with van der Waals surface area (Å²) in [5.74, 6) is -0.221. The Hall–Kier alpha value is -0.410. The predicted octanol–water partition coefficient (Wildman–Crippen LogP) is -0.0723. The first-order valence-corrected chi connectivity index (χ1v) is 10.3. The zero-order valence-electron chi connectivity index (χ0n) is 14.4. The first kappa shape index (κ1) is 21.6. The fraction of sp³-hybridized carbons (Fsp3) is 0.933. The molecule has 0 aromatic heterocycles. The van der Waals surface area contributed by atoms with E-state index in [4.69, 9.17) is 0 Å². The topological polar surface area (TPSA) is 90.5 Å². The van der Waals surface area contributed by atoms with Crippen LogP contribution in [-0.4, -0.2) is 70.3 Å². The Labute approximate surface area is 151 Å². The van der Waals surface area contributed by atoms with Gasteiger partial charge in [0, 0.05) is 45.3 Å². The third kappa shape index (κ3) is 8.11. The lowest BCUT2D eigenvalue weighted by Crippen LogP contribution is -2.47. The van der Waals surface area contributed by atoms with Crippen molar-refractivity contribution in [2.24, 2.45) is 5.92 Å². The second kappa shape index (κ2) is 10.6. The lowest BCUT2D eigenvalue weighted by Gasteiger charge is -2.27. The van der Waals surface area contributed by atoms with Crippen LogP contribution in [0.2, 0.25) is 0 Å². The summed E-state index contributed by atoms with van der Waals surface area (Å²) in [5, 5.41) is 5.98. The van der Waals surface area contributed by atoms with Gasteiger partial charge in [-0.1, -0.05) is 6.92 Å². The Morgan fingerprint density at radius 3 is 2.42 bits per heavy atom. The van der Waals surface area contributed by atoms with Gasteiger partial charge in [0.2, 0.25) is 15.9 Å². The zero-order chi connectivity index (χ0) is 16.7. The van der Waals surface area contributed by atoms with Crippen LogP contribution in [0.25, 0.3) is 0 Å². The van der Waals surface area contributed by atoms with E-state index in [1.165, 1.54) is 0 Å². The molecule has 9 heteroatoms. The molecule has 1 saturated carbocycles. The standard InChI is InChI=1S/C15H30N4O3S.ClH/c1-13-2-4-14(5-3-13)18-23(21,22)12-15(20)17-8-11-19-9-6-16-7-10-19;/h13-14,16,18H,2-12H2,1H3,(H,17,20);1H. The fourth-order valence-corrected chi connectivity index (χ4v) is 4.46. The number of hydrogen-bond donors (Lipinski definition) is 3. The van der Waals surface area contributed by atoms with E-state index in [1.807, 2.05) is 0 Å². The highest BCUT2D eigenvalue weighted by atomic mass is 35.5. The van der Waals surface area contributed by atoms with E-state index in [0.29, 0.717) is 12.5 Å². The van der Waals surface area contributed by atoms with Crippen LogP contribution in [0, 0.1) is 5.92 Å². The smallest absolute Gasteiger partial charge is 0.236 e. The minimum Gasteiger partial charge on any atom is -0.354 e. The van der Waals surface area contributed by atoms with Gasteiger partial charge in [0.25, 0.3) is 0 Å². The van der Waals surface area contributed by atoms with Crippen LogP contribution in [0.15, 0.2) is 0 Å². The van der Waals surface area contributed by atoms with Gasteiger partial charge in [0.1, 0.15) is 5.75 Å². The second-order valence-electron chi connectivity index (χ2n) is 6.78. The summed E-state index contributed by atoms with van der Waals surface area (Å²) in [6.07, 6.45) is 3.82. The van der Waals surface area contributed by atoms with Gasteiger partial charge in [0.15, 0.2) is 0 Å². The minimum absolute atomic E-state index is 0. The van der Waals surface area contributed by atoms with Crippen molar-refractivity contribution in [3.05, 3.63) is 0 Å². The van der Waals surface area contributed by atoms with Crippen LogP contribution in [0.3, 0.4) is 0 Å². The van der Waals surface area contributed by atoms with E-state index in [-0.39, 0.29) is 18.4 Å². The van der Waals surface area contributed by atoms with Crippen molar-refractivity contribution in [2.75, 3.05) is 45.0 Å². The molecule has 142 valence electrons. The molecule has 7 nitrogen and oxygen atoms in total. The third-order valence-electron chi connectivity index (χ3n) is 4.64. The summed E-state index contributed by atoms with van der Waals surface area (Å²) in [6.45, 7) is 7.32. The fourth-order valence-electron chi connectivity index (χ4n) is 3.19. The van der Waals surface area contributed by atoms with E-state index in [2.05, 4.69) is 27.2 Å². The minimum atomic E-state index is -3.54. The lowest BCUT2D eigenvalue weighted by molar-refractivity contribution is -0.118. The number of carbonyl (C=O) groups excluding carboxylic acids is 1. The van der Waals surface area contributed by atoms with Crippen molar-refractivity contribution >= 4 is 28.3 Å². The van der Waals surface area contributed by atoms with Gasteiger partial charge in [0.05, 0.1) is 0 Å². The monoisotopic (exact) mass is 382 g/mol. The molecule has 1 aliphatic heterocycles. The number of nitrogens with one attached hydrogen (secondary N) is 3. The van der Waals surface area contributed by atoms with E-state index < -0.39 is 21.7 Å². The Kier molecular flexibility index (Phi) is 9.51. The second-order valence-corrected chi connectivity index (χ2v) is 8.53. The van der Waals surface area contributed by atoms with Crippen LogP contribution in [-0.2, 0) is 14.8 Å². The van der Waals surface area contributed by atoms with Gasteiger partial charge in [-0.3, -0.25) is 9.69 Å². The van der Waals surface area contributed by atoms with Crippen molar-refractivity contribution in [1.82, 2.24) is 20.3 Å². The molecule has 2 fully saturated rings. The van der Waals surface area contributed by atoms with E-state index >= 15 is 0 Å². The van der Waals surface area contributed by atoms with Crippen LogP contribution in [0.5, 0.6) is 0 Å². The molecule has 1 aliphatic carbocycles. The highest BCUT2D eigenvalue weighted by Crippen LogP contribution is 2.23. The molecular formula is C15H31ClN4O3S. The molecule has 0 radical (unpaired) electrons. The number of nitrogens with zero attached hydrogens (tertiary/aromatic N) is 1. The Morgan fingerprint density at radius 1 is 1.17 bits per heavy atom. The first-order valence-electron chi connectivity index (χ1n) is 8.64. The van der Waals surface area contributed by atoms with Crippen molar-refractivity contribution in [2.45, 2.75) is 38.6 Å². The Morgan fingerprint density at radius 2 is 1.79 bits per heavy atom. The van der Waals surface area contributed by atoms with Gasteiger partial charge >= 0.3 is 0 Å². The molecule has 0 aromatic carbocycles. The van der Waals surface area contributed by atoms with Crippen molar-refractivity contribution in [3.63, 3.8) is 0 Å². The van der Waals surface area contributed by atoms with Crippen molar-refractivity contribution in [1.29, 1.82) is 0 Å². The normalized spacial score (nSPS) is 25.7. The molecule has 0 aromatic rings. The maximum Gasteiger partial charge on any atom is 0.236 e. The average molecular weight is 383 g/mol. The first-order chi connectivity index (χ1) is 10.9. The number of carbonyl (C=O) groups is 1. The SMILES string of the molecule is CC1CCC(NS(=O)(=O)CC(=O)NCCN2CCNCC2)CC1.Cl. The van der Waals surface area contributed by atoms with Crippen LogP contribution in [0.1, 0.15) is 32.6 Å². The van der Waals surface area contributed by atoms with Crippen molar-refractivity contribution < 1.29 is 13.2 Å². The van der Waals surface area contributed by atoms with Crippen LogP contribution >= 0.6 is 12.4 Å². The lowest BCUT2D eigenvalue weighted by atomic mass is 9.88. The summed E-state index contributed by atoms with van der Waals surface area (Å²) in [7, 11) is -3.54. The molecule has 1 heterocycles. The number of amides is 1. The Bertz CT molecular complexity index is 475. The predicted molar refractivity (Wildman–Crippen MR) is 97.9 cm³/mol. The van der Waals surface area contributed by atoms with Gasteiger partial charge in [-0.25, -0.2) is 13.1 Å². The molecule has 2 aliphatic rings. The van der Waals surface area contributed by atoms with Gasteiger partial charge in [-0.15, -0.1) is 12.4 Å². The molecule has 1 saturated heterocycles. The largest absolute Gasteiger partial charge is 0.354 e. The van der Waals surface area contributed by atoms with Gasteiger partial charge in [-0.05, 0) is 31.6 Å². The highest BCUT2D eigenvalue weighted by molar-refractivity contribution is 7.90. The average Bonchev–Trinajstić information content (AvgIpc) is 2.50. The summed E-state index contributed by atoms with van der Waals surface area (Å²) in [5.41, 5.74) is 0. The number of hydrogen-bond acceptors (Lipinski definition) is 5. The maximum absolute atomic E-state index is 12.1. The Balaban J connectivity index is 0.00000288. The number of piperazine rings is 1. The molecule has 0 spiro atoms. The molecule has 0 unspecified atom stereocenters. The maximum atomic E-state index is 12.1. The molecule has 0 atom stereocenters. The summed E-state index contributed by atoms with van der Waals surface area (Å²) < 4.78 is 26.8. The summed E-state index contributed by atoms with van der Waals surface area (Å²) in [6, 6.07) is -0.00940. The molecule has 2 rings (SSSR count). The quantitative estimate of drug-likeness (QED) is 0.573. The van der Waals surface area contributed by atoms with Gasteiger partial charge < -0.3 is 10.6 Å². The third-order valence-corrected chi connectivity index (χ3v) is 5.98. The van der Waals surface area contributed by atoms with E-state index in [1.54, 1.807) is 0 Å².